The maximum absolute atomic E-state index is 11.2. The van der Waals surface area contributed by atoms with Crippen molar-refractivity contribution < 1.29 is 4.79 Å². The van der Waals surface area contributed by atoms with Gasteiger partial charge in [-0.1, -0.05) is 13.3 Å². The first kappa shape index (κ1) is 10.0. The van der Waals surface area contributed by atoms with Gasteiger partial charge in [-0.25, -0.2) is 0 Å². The molecular weight excluding hydrogens is 172 g/mol. The quantitative estimate of drug-likeness (QED) is 0.623. The van der Waals surface area contributed by atoms with Gasteiger partial charge in [0.2, 0.25) is 0 Å². The summed E-state index contributed by atoms with van der Waals surface area (Å²) in [6, 6.07) is 0. The lowest BCUT2D eigenvalue weighted by atomic mass is 9.79. The van der Waals surface area contributed by atoms with Gasteiger partial charge < -0.3 is 0 Å². The van der Waals surface area contributed by atoms with Gasteiger partial charge in [0.15, 0.2) is 5.78 Å². The van der Waals surface area contributed by atoms with Gasteiger partial charge >= 0.3 is 0 Å². The Morgan fingerprint density at radius 3 is 2.33 bits per heavy atom. The first-order valence-corrected chi connectivity index (χ1v) is 5.40. The summed E-state index contributed by atoms with van der Waals surface area (Å²) in [5, 5.41) is 0. The van der Waals surface area contributed by atoms with Gasteiger partial charge in [0.25, 0.3) is 0 Å². The Morgan fingerprint density at radius 1 is 1.33 bits per heavy atom. The SMILES string of the molecule is CCC1CCC(C(=O)CCl)CC1. The van der Waals surface area contributed by atoms with Crippen LogP contribution in [-0.2, 0) is 4.79 Å². The number of hydrogen-bond acceptors (Lipinski definition) is 1. The maximum Gasteiger partial charge on any atom is 0.150 e. The highest BCUT2D eigenvalue weighted by molar-refractivity contribution is 6.27. The van der Waals surface area contributed by atoms with E-state index in [2.05, 4.69) is 6.92 Å². The number of halogens is 1. The van der Waals surface area contributed by atoms with Crippen LogP contribution in [0.2, 0.25) is 0 Å². The molecule has 0 spiro atoms. The van der Waals surface area contributed by atoms with Crippen molar-refractivity contribution in [3.05, 3.63) is 0 Å². The predicted octanol–water partition coefficient (Wildman–Crippen LogP) is 3.01. The maximum atomic E-state index is 11.2. The van der Waals surface area contributed by atoms with Crippen LogP contribution in [0.5, 0.6) is 0 Å². The molecule has 0 aromatic heterocycles. The van der Waals surface area contributed by atoms with E-state index in [4.69, 9.17) is 11.6 Å². The first-order chi connectivity index (χ1) is 5.77. The molecule has 1 saturated carbocycles. The third-order valence-corrected chi connectivity index (χ3v) is 3.27. The normalized spacial score (nSPS) is 30.2. The van der Waals surface area contributed by atoms with Crippen LogP contribution in [0.25, 0.3) is 0 Å². The molecule has 0 aromatic rings. The summed E-state index contributed by atoms with van der Waals surface area (Å²) in [7, 11) is 0. The fourth-order valence-corrected chi connectivity index (χ4v) is 2.22. The lowest BCUT2D eigenvalue weighted by molar-refractivity contribution is -0.121. The smallest absolute Gasteiger partial charge is 0.150 e. The number of rotatable bonds is 3. The zero-order chi connectivity index (χ0) is 8.97. The summed E-state index contributed by atoms with van der Waals surface area (Å²) >= 11 is 5.51. The molecule has 0 aliphatic heterocycles. The van der Waals surface area contributed by atoms with E-state index in [-0.39, 0.29) is 17.6 Å². The average molecular weight is 189 g/mol. The number of hydrogen-bond donors (Lipinski definition) is 0. The lowest BCUT2D eigenvalue weighted by Crippen LogP contribution is -2.22. The molecule has 0 amide bonds. The molecule has 1 rings (SSSR count). The Hall–Kier alpha value is -0.0400. The summed E-state index contributed by atoms with van der Waals surface area (Å²) in [5.74, 6) is 1.61. The Morgan fingerprint density at radius 2 is 1.92 bits per heavy atom. The van der Waals surface area contributed by atoms with Crippen LogP contribution in [0.15, 0.2) is 0 Å². The molecule has 0 aromatic carbocycles. The average Bonchev–Trinajstić information content (AvgIpc) is 2.17. The Labute approximate surface area is 79.5 Å². The van der Waals surface area contributed by atoms with Crippen LogP contribution in [0, 0.1) is 11.8 Å². The van der Waals surface area contributed by atoms with Crippen molar-refractivity contribution in [1.82, 2.24) is 0 Å². The summed E-state index contributed by atoms with van der Waals surface area (Å²) in [6.45, 7) is 2.23. The summed E-state index contributed by atoms with van der Waals surface area (Å²) in [5.41, 5.74) is 0. The van der Waals surface area contributed by atoms with Crippen LogP contribution >= 0.6 is 11.6 Å². The number of alkyl halides is 1. The van der Waals surface area contributed by atoms with E-state index >= 15 is 0 Å². The van der Waals surface area contributed by atoms with Crippen molar-refractivity contribution in [2.45, 2.75) is 39.0 Å². The highest BCUT2D eigenvalue weighted by Gasteiger charge is 2.24. The Balaban J connectivity index is 2.30. The first-order valence-electron chi connectivity index (χ1n) is 4.86. The van der Waals surface area contributed by atoms with Crippen LogP contribution in [0.3, 0.4) is 0 Å². The summed E-state index contributed by atoms with van der Waals surface area (Å²) < 4.78 is 0. The van der Waals surface area contributed by atoms with Crippen molar-refractivity contribution in [3.8, 4) is 0 Å². The van der Waals surface area contributed by atoms with E-state index in [9.17, 15) is 4.79 Å². The van der Waals surface area contributed by atoms with E-state index in [0.717, 1.165) is 18.8 Å². The van der Waals surface area contributed by atoms with Crippen molar-refractivity contribution in [2.75, 3.05) is 5.88 Å². The van der Waals surface area contributed by atoms with Gasteiger partial charge in [0, 0.05) is 5.92 Å². The standard InChI is InChI=1S/C10H17ClO/c1-2-8-3-5-9(6-4-8)10(12)7-11/h8-9H,2-7H2,1H3. The minimum absolute atomic E-state index is 0.210. The van der Waals surface area contributed by atoms with Gasteiger partial charge in [0.1, 0.15) is 0 Å². The van der Waals surface area contributed by atoms with E-state index in [1.807, 2.05) is 0 Å². The van der Waals surface area contributed by atoms with E-state index in [1.165, 1.54) is 19.3 Å². The lowest BCUT2D eigenvalue weighted by Gasteiger charge is -2.26. The van der Waals surface area contributed by atoms with Crippen molar-refractivity contribution in [3.63, 3.8) is 0 Å². The molecule has 1 nitrogen and oxygen atoms in total. The van der Waals surface area contributed by atoms with Gasteiger partial charge in [-0.2, -0.15) is 0 Å². The second-order valence-corrected chi connectivity index (χ2v) is 3.99. The third-order valence-electron chi connectivity index (χ3n) is 3.01. The van der Waals surface area contributed by atoms with Gasteiger partial charge in [0.05, 0.1) is 5.88 Å². The van der Waals surface area contributed by atoms with Crippen molar-refractivity contribution >= 4 is 17.4 Å². The number of Topliss-reactive ketones (excluding diaryl/α,β-unsaturated/α-hetero) is 1. The second kappa shape index (κ2) is 4.86. The van der Waals surface area contributed by atoms with E-state index in [0.29, 0.717) is 0 Å². The van der Waals surface area contributed by atoms with Crippen LogP contribution in [0.1, 0.15) is 39.0 Å². The Bertz CT molecular complexity index is 148. The molecule has 0 bridgehead atoms. The van der Waals surface area contributed by atoms with Crippen molar-refractivity contribution in [2.24, 2.45) is 11.8 Å². The molecular formula is C10H17ClO. The minimum Gasteiger partial charge on any atom is -0.298 e. The predicted molar refractivity (Wildman–Crippen MR) is 51.5 cm³/mol. The van der Waals surface area contributed by atoms with Gasteiger partial charge in [-0.3, -0.25) is 4.79 Å². The molecule has 0 saturated heterocycles. The molecule has 70 valence electrons. The zero-order valence-electron chi connectivity index (χ0n) is 7.68. The molecule has 0 N–H and O–H groups in total. The number of carbonyl (C=O) groups excluding carboxylic acids is 1. The van der Waals surface area contributed by atoms with Crippen LogP contribution in [-0.4, -0.2) is 11.7 Å². The molecule has 12 heavy (non-hydrogen) atoms. The van der Waals surface area contributed by atoms with E-state index in [1.54, 1.807) is 0 Å². The van der Waals surface area contributed by atoms with Crippen molar-refractivity contribution in [1.29, 1.82) is 0 Å². The highest BCUT2D eigenvalue weighted by atomic mass is 35.5. The van der Waals surface area contributed by atoms with Crippen LogP contribution < -0.4 is 0 Å². The fourth-order valence-electron chi connectivity index (χ4n) is 2.00. The number of ketones is 1. The Kier molecular flexibility index (Phi) is 4.07. The summed E-state index contributed by atoms with van der Waals surface area (Å²) in [6.07, 6.45) is 5.86. The second-order valence-electron chi connectivity index (χ2n) is 3.73. The molecule has 1 aliphatic rings. The minimum atomic E-state index is 0.210. The molecule has 2 heteroatoms. The molecule has 1 fully saturated rings. The monoisotopic (exact) mass is 188 g/mol. The molecule has 0 heterocycles. The fraction of sp³-hybridized carbons (Fsp3) is 0.900. The zero-order valence-corrected chi connectivity index (χ0v) is 8.44. The van der Waals surface area contributed by atoms with Gasteiger partial charge in [-0.15, -0.1) is 11.6 Å². The summed E-state index contributed by atoms with van der Waals surface area (Å²) in [4.78, 5) is 11.2. The molecule has 0 radical (unpaired) electrons. The topological polar surface area (TPSA) is 17.1 Å². The largest absolute Gasteiger partial charge is 0.298 e. The molecule has 1 aliphatic carbocycles. The van der Waals surface area contributed by atoms with E-state index < -0.39 is 0 Å². The third kappa shape index (κ3) is 2.48. The van der Waals surface area contributed by atoms with Crippen LogP contribution in [0.4, 0.5) is 0 Å². The highest BCUT2D eigenvalue weighted by Crippen LogP contribution is 2.31. The molecule has 0 unspecified atom stereocenters. The molecule has 0 atom stereocenters. The number of carbonyl (C=O) groups is 1. The van der Waals surface area contributed by atoms with Gasteiger partial charge in [-0.05, 0) is 31.6 Å².